The summed E-state index contributed by atoms with van der Waals surface area (Å²) >= 11 is 0. The zero-order chi connectivity index (χ0) is 9.68. The van der Waals surface area contributed by atoms with Gasteiger partial charge in [0.1, 0.15) is 5.82 Å². The van der Waals surface area contributed by atoms with E-state index in [1.807, 2.05) is 0 Å². The van der Waals surface area contributed by atoms with Crippen LogP contribution < -0.4 is 16.4 Å². The molecule has 1 heterocycles. The molecular weight excluding hydrogens is 170 g/mol. The summed E-state index contributed by atoms with van der Waals surface area (Å²) in [5.41, 5.74) is 5.27. The minimum absolute atomic E-state index is 0.0732. The summed E-state index contributed by atoms with van der Waals surface area (Å²) in [7, 11) is 1.49. The number of nitrogens with one attached hydrogen (secondary N) is 3. The van der Waals surface area contributed by atoms with Gasteiger partial charge in [-0.3, -0.25) is 15.6 Å². The molecule has 2 amide bonds. The van der Waals surface area contributed by atoms with Crippen LogP contribution in [0.1, 0.15) is 0 Å². The van der Waals surface area contributed by atoms with Crippen LogP contribution in [0.3, 0.4) is 0 Å². The lowest BCUT2D eigenvalue weighted by molar-refractivity contribution is 0.256. The zero-order valence-corrected chi connectivity index (χ0v) is 7.16. The fourth-order valence-electron chi connectivity index (χ4n) is 0.734. The lowest BCUT2D eigenvalue weighted by Crippen LogP contribution is -2.39. The van der Waals surface area contributed by atoms with Crippen molar-refractivity contribution in [3.63, 3.8) is 0 Å². The van der Waals surface area contributed by atoms with Crippen LogP contribution in [-0.4, -0.2) is 24.0 Å². The standard InChI is InChI=1S/C7H11N5O/c1-9-6(8)12-7(13)11-5-3-2-4-10-5/h2-4,10H,1H3,(H4,8,9,11,12,13). The number of hydrogen-bond donors (Lipinski definition) is 4. The van der Waals surface area contributed by atoms with Crippen LogP contribution in [0.4, 0.5) is 10.6 Å². The van der Waals surface area contributed by atoms with E-state index < -0.39 is 6.03 Å². The fourth-order valence-corrected chi connectivity index (χ4v) is 0.734. The maximum Gasteiger partial charge on any atom is 0.327 e. The molecule has 0 aliphatic rings. The molecule has 0 bridgehead atoms. The Morgan fingerprint density at radius 3 is 3.00 bits per heavy atom. The van der Waals surface area contributed by atoms with Crippen molar-refractivity contribution in [2.75, 3.05) is 12.4 Å². The number of nitrogens with zero attached hydrogens (tertiary/aromatic N) is 1. The van der Waals surface area contributed by atoms with Crippen molar-refractivity contribution in [3.05, 3.63) is 18.3 Å². The van der Waals surface area contributed by atoms with Gasteiger partial charge in [-0.1, -0.05) is 0 Å². The summed E-state index contributed by atoms with van der Waals surface area (Å²) in [6.45, 7) is 0. The predicted octanol–water partition coefficient (Wildman–Crippen LogP) is 0.0807. The lowest BCUT2D eigenvalue weighted by atomic mass is 10.6. The Bertz CT molecular complexity index is 303. The monoisotopic (exact) mass is 181 g/mol. The van der Waals surface area contributed by atoms with E-state index in [-0.39, 0.29) is 5.96 Å². The summed E-state index contributed by atoms with van der Waals surface area (Å²) in [5, 5.41) is 4.85. The highest BCUT2D eigenvalue weighted by Gasteiger charge is 2.01. The second-order valence-corrected chi connectivity index (χ2v) is 2.27. The van der Waals surface area contributed by atoms with Crippen LogP contribution in [0.25, 0.3) is 0 Å². The van der Waals surface area contributed by atoms with Gasteiger partial charge in [-0.05, 0) is 12.1 Å². The number of amides is 2. The van der Waals surface area contributed by atoms with E-state index in [0.717, 1.165) is 0 Å². The van der Waals surface area contributed by atoms with Gasteiger partial charge in [0.25, 0.3) is 0 Å². The van der Waals surface area contributed by atoms with Crippen LogP contribution in [0.15, 0.2) is 23.3 Å². The SMILES string of the molecule is CN=C(N)NC(=O)Nc1ccc[nH]1. The van der Waals surface area contributed by atoms with Gasteiger partial charge in [-0.25, -0.2) is 4.79 Å². The molecule has 0 aliphatic carbocycles. The molecule has 0 unspecified atom stereocenters. The molecule has 6 nitrogen and oxygen atoms in total. The first kappa shape index (κ1) is 9.11. The molecule has 0 fully saturated rings. The molecule has 0 saturated carbocycles. The van der Waals surface area contributed by atoms with Crippen LogP contribution in [0.2, 0.25) is 0 Å². The summed E-state index contributed by atoms with van der Waals surface area (Å²) in [4.78, 5) is 17.5. The van der Waals surface area contributed by atoms with Gasteiger partial charge in [-0.15, -0.1) is 0 Å². The molecule has 0 radical (unpaired) electrons. The van der Waals surface area contributed by atoms with Gasteiger partial charge < -0.3 is 10.7 Å². The van der Waals surface area contributed by atoms with Gasteiger partial charge >= 0.3 is 6.03 Å². The smallest absolute Gasteiger partial charge is 0.327 e. The Kier molecular flexibility index (Phi) is 2.91. The molecule has 13 heavy (non-hydrogen) atoms. The van der Waals surface area contributed by atoms with Crippen molar-refractivity contribution < 1.29 is 4.79 Å². The number of H-pyrrole nitrogens is 1. The minimum Gasteiger partial charge on any atom is -0.370 e. The number of carbonyl (C=O) groups is 1. The number of carbonyl (C=O) groups excluding carboxylic acids is 1. The first-order valence-corrected chi connectivity index (χ1v) is 3.66. The molecule has 1 rings (SSSR count). The Labute approximate surface area is 75.2 Å². The van der Waals surface area contributed by atoms with E-state index in [0.29, 0.717) is 5.82 Å². The summed E-state index contributed by atoms with van der Waals surface area (Å²) in [6, 6.07) is 3.07. The van der Waals surface area contributed by atoms with Crippen LogP contribution >= 0.6 is 0 Å². The van der Waals surface area contributed by atoms with E-state index in [9.17, 15) is 4.79 Å². The highest BCUT2D eigenvalue weighted by Crippen LogP contribution is 1.99. The first-order chi connectivity index (χ1) is 6.22. The maximum absolute atomic E-state index is 11.1. The van der Waals surface area contributed by atoms with E-state index in [2.05, 4.69) is 20.6 Å². The topological polar surface area (TPSA) is 95.3 Å². The van der Waals surface area contributed by atoms with Gasteiger partial charge in [0.15, 0.2) is 5.96 Å². The quantitative estimate of drug-likeness (QED) is 0.364. The van der Waals surface area contributed by atoms with Gasteiger partial charge in [0.05, 0.1) is 0 Å². The highest BCUT2D eigenvalue weighted by atomic mass is 16.2. The number of nitrogens with two attached hydrogens (primary N) is 1. The number of hydrogen-bond acceptors (Lipinski definition) is 2. The minimum atomic E-state index is -0.425. The number of aromatic nitrogens is 1. The zero-order valence-electron chi connectivity index (χ0n) is 7.16. The maximum atomic E-state index is 11.1. The molecule has 0 saturated heterocycles. The Balaban J connectivity index is 2.43. The highest BCUT2D eigenvalue weighted by molar-refractivity contribution is 6.01. The third-order valence-corrected chi connectivity index (χ3v) is 1.33. The average Bonchev–Trinajstić information content (AvgIpc) is 2.56. The summed E-state index contributed by atoms with van der Waals surface area (Å²) < 4.78 is 0. The van der Waals surface area contributed by atoms with Crippen LogP contribution in [0.5, 0.6) is 0 Å². The molecule has 1 aromatic heterocycles. The second kappa shape index (κ2) is 4.15. The Morgan fingerprint density at radius 1 is 1.69 bits per heavy atom. The van der Waals surface area contributed by atoms with Gasteiger partial charge in [0, 0.05) is 13.2 Å². The summed E-state index contributed by atoms with van der Waals surface area (Å²) in [6.07, 6.45) is 1.70. The van der Waals surface area contributed by atoms with Gasteiger partial charge in [0.2, 0.25) is 0 Å². The Hall–Kier alpha value is -1.98. The normalized spacial score (nSPS) is 11.0. The molecule has 0 atom stereocenters. The average molecular weight is 181 g/mol. The fraction of sp³-hybridized carbons (Fsp3) is 0.143. The number of aromatic amines is 1. The van der Waals surface area contributed by atoms with Crippen molar-refractivity contribution >= 4 is 17.8 Å². The van der Waals surface area contributed by atoms with Crippen molar-refractivity contribution in [2.45, 2.75) is 0 Å². The largest absolute Gasteiger partial charge is 0.370 e. The number of rotatable bonds is 1. The number of anilines is 1. The van der Waals surface area contributed by atoms with Crippen molar-refractivity contribution in [1.29, 1.82) is 0 Å². The van der Waals surface area contributed by atoms with Crippen LogP contribution in [-0.2, 0) is 0 Å². The molecule has 6 heteroatoms. The molecule has 70 valence electrons. The van der Waals surface area contributed by atoms with E-state index in [1.165, 1.54) is 7.05 Å². The molecule has 1 aromatic rings. The lowest BCUT2D eigenvalue weighted by Gasteiger charge is -2.03. The number of guanidine groups is 1. The molecular formula is C7H11N5O. The second-order valence-electron chi connectivity index (χ2n) is 2.27. The van der Waals surface area contributed by atoms with E-state index in [1.54, 1.807) is 18.3 Å². The Morgan fingerprint density at radius 2 is 2.46 bits per heavy atom. The molecule has 5 N–H and O–H groups in total. The first-order valence-electron chi connectivity index (χ1n) is 3.66. The van der Waals surface area contributed by atoms with Crippen molar-refractivity contribution in [3.8, 4) is 0 Å². The molecule has 0 aliphatic heterocycles. The molecule has 0 aromatic carbocycles. The van der Waals surface area contributed by atoms with E-state index in [4.69, 9.17) is 5.73 Å². The third kappa shape index (κ3) is 2.86. The van der Waals surface area contributed by atoms with Crippen molar-refractivity contribution in [1.82, 2.24) is 10.3 Å². The van der Waals surface area contributed by atoms with Crippen LogP contribution in [0, 0.1) is 0 Å². The van der Waals surface area contributed by atoms with Gasteiger partial charge in [-0.2, -0.15) is 0 Å². The molecule has 0 spiro atoms. The third-order valence-electron chi connectivity index (χ3n) is 1.33. The van der Waals surface area contributed by atoms with E-state index >= 15 is 0 Å². The predicted molar refractivity (Wildman–Crippen MR) is 50.5 cm³/mol. The van der Waals surface area contributed by atoms with Crippen molar-refractivity contribution in [2.24, 2.45) is 10.7 Å². The number of urea groups is 1. The number of aliphatic imine (C=N–C) groups is 1. The summed E-state index contributed by atoms with van der Waals surface area (Å²) in [5.74, 6) is 0.672.